The average molecular weight is 317 g/mol. The summed E-state index contributed by atoms with van der Waals surface area (Å²) in [5, 5.41) is 13.7. The summed E-state index contributed by atoms with van der Waals surface area (Å²) < 4.78 is 4.60. The first kappa shape index (κ1) is 18.2. The maximum atomic E-state index is 11.9. The Balaban J connectivity index is 2.54. The van der Waals surface area contributed by atoms with Crippen molar-refractivity contribution in [2.45, 2.75) is 19.4 Å². The van der Waals surface area contributed by atoms with Gasteiger partial charge in [-0.25, -0.2) is 4.79 Å². The number of benzene rings is 1. The monoisotopic (exact) mass is 317 g/mol. The first-order chi connectivity index (χ1) is 11.0. The highest BCUT2D eigenvalue weighted by Crippen LogP contribution is 2.06. The van der Waals surface area contributed by atoms with Gasteiger partial charge in [-0.3, -0.25) is 9.59 Å². The van der Waals surface area contributed by atoms with Crippen LogP contribution in [0, 0.1) is 17.2 Å². The smallest absolute Gasteiger partial charge is 0.328 e. The second kappa shape index (κ2) is 9.20. The van der Waals surface area contributed by atoms with Crippen LogP contribution in [0.25, 0.3) is 0 Å². The molecule has 0 aromatic heterocycles. The highest BCUT2D eigenvalue weighted by atomic mass is 16.5. The summed E-state index contributed by atoms with van der Waals surface area (Å²) in [6, 6.07) is 9.52. The summed E-state index contributed by atoms with van der Waals surface area (Å²) in [6.07, 6.45) is 0.140. The van der Waals surface area contributed by atoms with E-state index in [9.17, 15) is 14.4 Å². The molecule has 0 aliphatic heterocycles. The van der Waals surface area contributed by atoms with E-state index in [4.69, 9.17) is 5.26 Å². The van der Waals surface area contributed by atoms with E-state index in [1.54, 1.807) is 37.3 Å². The number of nitrogens with one attached hydrogen (secondary N) is 2. The van der Waals surface area contributed by atoms with Gasteiger partial charge in [0.15, 0.2) is 0 Å². The van der Waals surface area contributed by atoms with Gasteiger partial charge in [-0.2, -0.15) is 5.26 Å². The Kier molecular flexibility index (Phi) is 7.27. The lowest BCUT2D eigenvalue weighted by atomic mass is 10.0. The zero-order valence-electron chi connectivity index (χ0n) is 13.0. The Bertz CT molecular complexity index is 595. The lowest BCUT2D eigenvalue weighted by molar-refractivity contribution is -0.145. The van der Waals surface area contributed by atoms with Crippen LogP contribution in [0.4, 0.5) is 0 Å². The molecule has 0 unspecified atom stereocenters. The van der Waals surface area contributed by atoms with E-state index >= 15 is 0 Å². The van der Waals surface area contributed by atoms with Crippen LogP contribution in [-0.2, 0) is 14.3 Å². The molecule has 23 heavy (non-hydrogen) atoms. The lowest BCUT2D eigenvalue weighted by Gasteiger charge is -2.17. The van der Waals surface area contributed by atoms with Crippen molar-refractivity contribution in [3.63, 3.8) is 0 Å². The number of amides is 2. The molecule has 2 amide bonds. The zero-order valence-corrected chi connectivity index (χ0v) is 13.0. The molecule has 1 aromatic rings. The highest BCUT2D eigenvalue weighted by Gasteiger charge is 2.23. The molecule has 2 N–H and O–H groups in total. The van der Waals surface area contributed by atoms with E-state index < -0.39 is 23.8 Å². The molecule has 0 aliphatic rings. The molecule has 0 aliphatic carbocycles. The van der Waals surface area contributed by atoms with Crippen molar-refractivity contribution in [3.05, 3.63) is 35.9 Å². The topological polar surface area (TPSA) is 108 Å². The minimum absolute atomic E-state index is 0.140. The summed E-state index contributed by atoms with van der Waals surface area (Å²) in [5.74, 6) is -1.97. The number of hydrogen-bond donors (Lipinski definition) is 2. The van der Waals surface area contributed by atoms with E-state index in [1.165, 1.54) is 7.11 Å². The van der Waals surface area contributed by atoms with Gasteiger partial charge in [0.1, 0.15) is 6.04 Å². The van der Waals surface area contributed by atoms with Crippen LogP contribution in [0.1, 0.15) is 23.7 Å². The first-order valence-corrected chi connectivity index (χ1v) is 7.08. The number of rotatable bonds is 7. The van der Waals surface area contributed by atoms with E-state index in [-0.39, 0.29) is 18.9 Å². The normalized spacial score (nSPS) is 12.4. The van der Waals surface area contributed by atoms with E-state index in [1.807, 2.05) is 6.07 Å². The van der Waals surface area contributed by atoms with Crippen LogP contribution < -0.4 is 10.6 Å². The average Bonchev–Trinajstić information content (AvgIpc) is 2.58. The summed E-state index contributed by atoms with van der Waals surface area (Å²) in [4.78, 5) is 35.3. The third-order valence-electron chi connectivity index (χ3n) is 3.08. The highest BCUT2D eigenvalue weighted by molar-refractivity contribution is 5.96. The van der Waals surface area contributed by atoms with E-state index in [0.717, 1.165) is 0 Å². The van der Waals surface area contributed by atoms with Crippen LogP contribution >= 0.6 is 0 Å². The number of ether oxygens (including phenoxy) is 1. The van der Waals surface area contributed by atoms with Crippen molar-refractivity contribution in [1.82, 2.24) is 10.6 Å². The predicted octanol–water partition coefficient (Wildman–Crippen LogP) is 0.624. The molecule has 0 spiro atoms. The first-order valence-electron chi connectivity index (χ1n) is 7.08. The molecule has 7 heteroatoms. The molecule has 0 fully saturated rings. The van der Waals surface area contributed by atoms with Crippen molar-refractivity contribution in [2.75, 3.05) is 13.7 Å². The molecule has 1 rings (SSSR count). The van der Waals surface area contributed by atoms with Gasteiger partial charge in [-0.15, -0.1) is 0 Å². The standard InChI is InChI=1S/C16H19N3O4/c1-11(9-17)8-13(16(22)23-2)19-14(20)10-18-15(21)12-6-4-3-5-7-12/h3-7,11,13H,8,10H2,1-2H3,(H,18,21)(H,19,20)/t11-,13-/m1/s1. The van der Waals surface area contributed by atoms with Crippen molar-refractivity contribution >= 4 is 17.8 Å². The maximum Gasteiger partial charge on any atom is 0.328 e. The molecular formula is C16H19N3O4. The second-order valence-electron chi connectivity index (χ2n) is 4.96. The molecule has 0 heterocycles. The van der Waals surface area contributed by atoms with E-state index in [0.29, 0.717) is 5.56 Å². The quantitative estimate of drug-likeness (QED) is 0.717. The van der Waals surface area contributed by atoms with Gasteiger partial charge in [0.2, 0.25) is 5.91 Å². The Morgan fingerprint density at radius 2 is 1.91 bits per heavy atom. The number of carbonyl (C=O) groups excluding carboxylic acids is 3. The van der Waals surface area contributed by atoms with Gasteiger partial charge in [0.25, 0.3) is 5.91 Å². The summed E-state index contributed by atoms with van der Waals surface area (Å²) in [6.45, 7) is 1.36. The van der Waals surface area contributed by atoms with Crippen LogP contribution in [0.5, 0.6) is 0 Å². The lowest BCUT2D eigenvalue weighted by Crippen LogP contribution is -2.46. The Morgan fingerprint density at radius 1 is 1.26 bits per heavy atom. The molecule has 0 bridgehead atoms. The molecule has 2 atom stereocenters. The van der Waals surface area contributed by atoms with Gasteiger partial charge in [-0.05, 0) is 25.5 Å². The fourth-order valence-corrected chi connectivity index (χ4v) is 1.86. The van der Waals surface area contributed by atoms with Crippen LogP contribution in [0.2, 0.25) is 0 Å². The van der Waals surface area contributed by atoms with Crippen molar-refractivity contribution in [2.24, 2.45) is 5.92 Å². The second-order valence-corrected chi connectivity index (χ2v) is 4.96. The minimum Gasteiger partial charge on any atom is -0.467 e. The zero-order chi connectivity index (χ0) is 17.2. The fraction of sp³-hybridized carbons (Fsp3) is 0.375. The summed E-state index contributed by atoms with van der Waals surface area (Å²) >= 11 is 0. The summed E-state index contributed by atoms with van der Waals surface area (Å²) in [7, 11) is 1.20. The number of nitriles is 1. The predicted molar refractivity (Wildman–Crippen MR) is 82.1 cm³/mol. The van der Waals surface area contributed by atoms with Gasteiger partial charge < -0.3 is 15.4 Å². The van der Waals surface area contributed by atoms with E-state index in [2.05, 4.69) is 15.4 Å². The van der Waals surface area contributed by atoms with Gasteiger partial charge in [0.05, 0.1) is 19.7 Å². The Labute approximate surface area is 134 Å². The van der Waals surface area contributed by atoms with Gasteiger partial charge >= 0.3 is 5.97 Å². The molecular weight excluding hydrogens is 298 g/mol. The number of hydrogen-bond acceptors (Lipinski definition) is 5. The van der Waals surface area contributed by atoms with Crippen LogP contribution in [0.3, 0.4) is 0 Å². The number of methoxy groups -OCH3 is 1. The SMILES string of the molecule is COC(=O)[C@@H](C[C@@H](C)C#N)NC(=O)CNC(=O)c1ccccc1. The van der Waals surface area contributed by atoms with Crippen LogP contribution in [0.15, 0.2) is 30.3 Å². The largest absolute Gasteiger partial charge is 0.467 e. The molecule has 0 saturated heterocycles. The van der Waals surface area contributed by atoms with Crippen molar-refractivity contribution < 1.29 is 19.1 Å². The van der Waals surface area contributed by atoms with Crippen molar-refractivity contribution in [1.29, 1.82) is 5.26 Å². The number of carbonyl (C=O) groups is 3. The van der Waals surface area contributed by atoms with Crippen LogP contribution in [-0.4, -0.2) is 37.5 Å². The third-order valence-corrected chi connectivity index (χ3v) is 3.08. The maximum absolute atomic E-state index is 11.9. The molecule has 0 saturated carbocycles. The third kappa shape index (κ3) is 6.18. The fourth-order valence-electron chi connectivity index (χ4n) is 1.86. The number of nitrogens with zero attached hydrogens (tertiary/aromatic N) is 1. The Morgan fingerprint density at radius 3 is 2.48 bits per heavy atom. The molecule has 122 valence electrons. The summed E-state index contributed by atoms with van der Waals surface area (Å²) in [5.41, 5.74) is 0.433. The molecule has 1 aromatic carbocycles. The molecule has 0 radical (unpaired) electrons. The van der Waals surface area contributed by atoms with Crippen molar-refractivity contribution in [3.8, 4) is 6.07 Å². The minimum atomic E-state index is -0.921. The van der Waals surface area contributed by atoms with Gasteiger partial charge in [0, 0.05) is 11.5 Å². The Hall–Kier alpha value is -2.88. The van der Waals surface area contributed by atoms with Gasteiger partial charge in [-0.1, -0.05) is 18.2 Å². The molecule has 7 nitrogen and oxygen atoms in total. The number of esters is 1.